The van der Waals surface area contributed by atoms with Crippen LogP contribution in [0.5, 0.6) is 0 Å². The highest BCUT2D eigenvalue weighted by molar-refractivity contribution is 5.79. The molecule has 17 heavy (non-hydrogen) atoms. The van der Waals surface area contributed by atoms with Gasteiger partial charge in [0, 0.05) is 39.4 Å². The van der Waals surface area contributed by atoms with Gasteiger partial charge in [-0.1, -0.05) is 12.8 Å². The van der Waals surface area contributed by atoms with Crippen molar-refractivity contribution in [3.8, 4) is 0 Å². The van der Waals surface area contributed by atoms with Crippen LogP contribution in [0.1, 0.15) is 45.4 Å². The second-order valence-electron chi connectivity index (χ2n) is 4.78. The van der Waals surface area contributed by atoms with Crippen LogP contribution in [-0.2, 0) is 9.59 Å². The molecule has 1 aliphatic heterocycles. The van der Waals surface area contributed by atoms with E-state index in [2.05, 4.69) is 10.2 Å². The number of ketones is 1. The zero-order chi connectivity index (χ0) is 12.5. The second-order valence-corrected chi connectivity index (χ2v) is 4.78. The zero-order valence-electron chi connectivity index (χ0n) is 10.8. The first-order chi connectivity index (χ1) is 8.18. The van der Waals surface area contributed by atoms with Gasteiger partial charge >= 0.3 is 0 Å². The SMILES string of the molecule is CC(=O)NCCCCCCN1CCC(=O)CC1. The van der Waals surface area contributed by atoms with Crippen molar-refractivity contribution in [2.24, 2.45) is 0 Å². The molecule has 1 fully saturated rings. The highest BCUT2D eigenvalue weighted by Gasteiger charge is 2.14. The lowest BCUT2D eigenvalue weighted by molar-refractivity contribution is -0.121. The molecule has 0 radical (unpaired) electrons. The molecule has 4 heteroatoms. The van der Waals surface area contributed by atoms with E-state index in [0.29, 0.717) is 5.78 Å². The highest BCUT2D eigenvalue weighted by Crippen LogP contribution is 2.08. The largest absolute Gasteiger partial charge is 0.356 e. The van der Waals surface area contributed by atoms with Crippen LogP contribution >= 0.6 is 0 Å². The number of likely N-dealkylation sites (tertiary alicyclic amines) is 1. The molecule has 0 aromatic rings. The zero-order valence-corrected chi connectivity index (χ0v) is 10.8. The van der Waals surface area contributed by atoms with E-state index in [-0.39, 0.29) is 5.91 Å². The summed E-state index contributed by atoms with van der Waals surface area (Å²) in [6.07, 6.45) is 6.13. The molecule has 1 saturated heterocycles. The summed E-state index contributed by atoms with van der Waals surface area (Å²) in [7, 11) is 0. The second kappa shape index (κ2) is 8.23. The van der Waals surface area contributed by atoms with Crippen LogP contribution in [0.2, 0.25) is 0 Å². The van der Waals surface area contributed by atoms with Gasteiger partial charge in [0.1, 0.15) is 5.78 Å². The number of hydrogen-bond acceptors (Lipinski definition) is 3. The molecule has 0 aromatic heterocycles. The van der Waals surface area contributed by atoms with E-state index < -0.39 is 0 Å². The van der Waals surface area contributed by atoms with E-state index >= 15 is 0 Å². The van der Waals surface area contributed by atoms with Crippen molar-refractivity contribution in [2.45, 2.75) is 45.4 Å². The summed E-state index contributed by atoms with van der Waals surface area (Å²) in [6.45, 7) is 5.37. The van der Waals surface area contributed by atoms with E-state index in [4.69, 9.17) is 0 Å². The number of carbonyl (C=O) groups is 2. The Labute approximate surface area is 104 Å². The standard InChI is InChI=1S/C13H24N2O2/c1-12(16)14-8-4-2-3-5-9-15-10-6-13(17)7-11-15/h2-11H2,1H3,(H,14,16). The molecule has 4 nitrogen and oxygen atoms in total. The first-order valence-electron chi connectivity index (χ1n) is 6.67. The minimum absolute atomic E-state index is 0.0583. The van der Waals surface area contributed by atoms with Crippen LogP contribution in [0.25, 0.3) is 0 Å². The number of Topliss-reactive ketones (excluding diaryl/α,β-unsaturated/α-hetero) is 1. The van der Waals surface area contributed by atoms with Crippen molar-refractivity contribution in [1.29, 1.82) is 0 Å². The van der Waals surface area contributed by atoms with Crippen LogP contribution < -0.4 is 5.32 Å². The summed E-state index contributed by atoms with van der Waals surface area (Å²) in [6, 6.07) is 0. The third-order valence-corrected chi connectivity index (χ3v) is 3.19. The third-order valence-electron chi connectivity index (χ3n) is 3.19. The van der Waals surface area contributed by atoms with E-state index in [1.54, 1.807) is 6.92 Å². The van der Waals surface area contributed by atoms with Crippen molar-refractivity contribution in [1.82, 2.24) is 10.2 Å². The van der Waals surface area contributed by atoms with Gasteiger partial charge in [-0.15, -0.1) is 0 Å². The van der Waals surface area contributed by atoms with E-state index in [1.807, 2.05) is 0 Å². The summed E-state index contributed by atoms with van der Waals surface area (Å²) in [4.78, 5) is 24.1. The van der Waals surface area contributed by atoms with Crippen LogP contribution in [0.15, 0.2) is 0 Å². The summed E-state index contributed by atoms with van der Waals surface area (Å²) in [5.41, 5.74) is 0. The highest BCUT2D eigenvalue weighted by atomic mass is 16.1. The van der Waals surface area contributed by atoms with Gasteiger partial charge in [-0.25, -0.2) is 0 Å². The number of unbranched alkanes of at least 4 members (excludes halogenated alkanes) is 3. The van der Waals surface area contributed by atoms with Crippen molar-refractivity contribution in [3.63, 3.8) is 0 Å². The molecule has 98 valence electrons. The van der Waals surface area contributed by atoms with Gasteiger partial charge in [0.05, 0.1) is 0 Å². The minimum atomic E-state index is 0.0583. The molecule has 0 saturated carbocycles. The lowest BCUT2D eigenvalue weighted by atomic mass is 10.1. The number of piperidine rings is 1. The minimum Gasteiger partial charge on any atom is -0.356 e. The molecular formula is C13H24N2O2. The summed E-state index contributed by atoms with van der Waals surface area (Å²) in [5, 5.41) is 2.80. The maximum Gasteiger partial charge on any atom is 0.216 e. The quantitative estimate of drug-likeness (QED) is 0.683. The summed E-state index contributed by atoms with van der Waals surface area (Å²) < 4.78 is 0. The molecule has 1 N–H and O–H groups in total. The average Bonchev–Trinajstić information content (AvgIpc) is 2.30. The Kier molecular flexibility index (Phi) is 6.86. The fourth-order valence-corrected chi connectivity index (χ4v) is 2.10. The molecule has 0 aromatic carbocycles. The molecule has 0 atom stereocenters. The molecule has 0 spiro atoms. The Morgan fingerprint density at radius 2 is 1.82 bits per heavy atom. The molecule has 0 bridgehead atoms. The topological polar surface area (TPSA) is 49.4 Å². The van der Waals surface area contributed by atoms with E-state index in [1.165, 1.54) is 19.3 Å². The van der Waals surface area contributed by atoms with Gasteiger partial charge in [0.25, 0.3) is 0 Å². The fraction of sp³-hybridized carbons (Fsp3) is 0.846. The van der Waals surface area contributed by atoms with Crippen LogP contribution in [0.3, 0.4) is 0 Å². The maximum atomic E-state index is 11.1. The van der Waals surface area contributed by atoms with E-state index in [0.717, 1.165) is 45.4 Å². The van der Waals surface area contributed by atoms with Gasteiger partial charge in [-0.2, -0.15) is 0 Å². The predicted molar refractivity (Wildman–Crippen MR) is 67.8 cm³/mol. The van der Waals surface area contributed by atoms with Crippen molar-refractivity contribution in [3.05, 3.63) is 0 Å². The van der Waals surface area contributed by atoms with Crippen molar-refractivity contribution >= 4 is 11.7 Å². The Morgan fingerprint density at radius 3 is 2.47 bits per heavy atom. The van der Waals surface area contributed by atoms with E-state index in [9.17, 15) is 9.59 Å². The average molecular weight is 240 g/mol. The van der Waals surface area contributed by atoms with Crippen LogP contribution in [-0.4, -0.2) is 42.8 Å². The van der Waals surface area contributed by atoms with Gasteiger partial charge in [0.2, 0.25) is 5.91 Å². The van der Waals surface area contributed by atoms with Crippen LogP contribution in [0, 0.1) is 0 Å². The molecule has 1 aliphatic rings. The molecule has 0 unspecified atom stereocenters. The summed E-state index contributed by atoms with van der Waals surface area (Å²) >= 11 is 0. The Balaban J connectivity index is 1.87. The predicted octanol–water partition coefficient (Wildman–Crippen LogP) is 1.35. The summed E-state index contributed by atoms with van der Waals surface area (Å²) in [5.74, 6) is 0.472. The van der Waals surface area contributed by atoms with Gasteiger partial charge in [-0.3, -0.25) is 9.59 Å². The number of rotatable bonds is 7. The monoisotopic (exact) mass is 240 g/mol. The Bertz CT molecular complexity index is 244. The molecule has 1 heterocycles. The maximum absolute atomic E-state index is 11.1. The lowest BCUT2D eigenvalue weighted by Gasteiger charge is -2.25. The van der Waals surface area contributed by atoms with Gasteiger partial charge in [-0.05, 0) is 19.4 Å². The Morgan fingerprint density at radius 1 is 1.18 bits per heavy atom. The number of nitrogens with one attached hydrogen (secondary N) is 1. The number of amides is 1. The smallest absolute Gasteiger partial charge is 0.216 e. The first kappa shape index (κ1) is 14.2. The molecule has 1 amide bonds. The number of carbonyl (C=O) groups excluding carboxylic acids is 2. The number of nitrogens with zero attached hydrogens (tertiary/aromatic N) is 1. The van der Waals surface area contributed by atoms with Gasteiger partial charge in [0.15, 0.2) is 0 Å². The van der Waals surface area contributed by atoms with Crippen LogP contribution in [0.4, 0.5) is 0 Å². The van der Waals surface area contributed by atoms with Gasteiger partial charge < -0.3 is 10.2 Å². The van der Waals surface area contributed by atoms with Crippen molar-refractivity contribution < 1.29 is 9.59 Å². The normalized spacial score (nSPS) is 17.1. The fourth-order valence-electron chi connectivity index (χ4n) is 2.10. The Hall–Kier alpha value is -0.900. The molecule has 0 aliphatic carbocycles. The molecular weight excluding hydrogens is 216 g/mol. The lowest BCUT2D eigenvalue weighted by Crippen LogP contribution is -2.34. The first-order valence-corrected chi connectivity index (χ1v) is 6.67. The number of hydrogen-bond donors (Lipinski definition) is 1. The molecule has 1 rings (SSSR count). The van der Waals surface area contributed by atoms with Crippen molar-refractivity contribution in [2.75, 3.05) is 26.2 Å². The third kappa shape index (κ3) is 7.10.